The van der Waals surface area contributed by atoms with Crippen LogP contribution in [0.15, 0.2) is 72.3 Å². The molecule has 1 aromatic heterocycles. The van der Waals surface area contributed by atoms with Crippen molar-refractivity contribution in [2.45, 2.75) is 13.0 Å². The number of benzene rings is 3. The maximum absolute atomic E-state index is 13.4. The zero-order chi connectivity index (χ0) is 25.4. The first kappa shape index (κ1) is 23.4. The lowest BCUT2D eigenvalue weighted by Gasteiger charge is -2.24. The van der Waals surface area contributed by atoms with Gasteiger partial charge in [-0.15, -0.1) is 0 Å². The summed E-state index contributed by atoms with van der Waals surface area (Å²) in [7, 11) is 1.53. The van der Waals surface area contributed by atoms with Gasteiger partial charge in [0.15, 0.2) is 11.5 Å². The van der Waals surface area contributed by atoms with Crippen molar-refractivity contribution in [3.63, 3.8) is 0 Å². The molecule has 1 atom stereocenters. The lowest BCUT2D eigenvalue weighted by Crippen LogP contribution is -2.30. The molecule has 1 amide bonds. The van der Waals surface area contributed by atoms with Gasteiger partial charge in [-0.05, 0) is 61.0 Å². The van der Waals surface area contributed by atoms with Crippen LogP contribution in [-0.4, -0.2) is 40.5 Å². The molecule has 0 aliphatic carbocycles. The topological polar surface area (TPSA) is 105 Å². The van der Waals surface area contributed by atoms with Gasteiger partial charge in [-0.3, -0.25) is 14.5 Å². The number of rotatable bonds is 6. The second-order valence-corrected chi connectivity index (χ2v) is 8.53. The molecule has 0 radical (unpaired) electrons. The molecular weight excluding hydrogens is 482 g/mol. The quantitative estimate of drug-likeness (QED) is 0.211. The highest BCUT2D eigenvalue weighted by atomic mass is 35.5. The number of nitrogens with one attached hydrogen (secondary N) is 1. The number of aromatic nitrogens is 2. The average molecular weight is 504 g/mol. The standard InChI is InChI=1S/C27H22ClN3O5/c1-3-36-21-14-16(10-13-20(21)35-2)23-22(24(32)15-8-11-17(28)12-9-15)25(33)26(34)31(23)27-29-18-6-4-5-7-19(18)30-27/h4-14,23,32H,3H2,1-2H3,(H,29,30)/b24-22+. The van der Waals surface area contributed by atoms with Crippen LogP contribution in [0.3, 0.4) is 0 Å². The highest BCUT2D eigenvalue weighted by Gasteiger charge is 2.48. The molecule has 1 aliphatic rings. The Balaban J connectivity index is 1.74. The first-order valence-electron chi connectivity index (χ1n) is 11.2. The van der Waals surface area contributed by atoms with Gasteiger partial charge in [-0.2, -0.15) is 0 Å². The van der Waals surface area contributed by atoms with E-state index in [-0.39, 0.29) is 17.3 Å². The number of fused-ring (bicyclic) bond motifs is 1. The van der Waals surface area contributed by atoms with Gasteiger partial charge in [0, 0.05) is 10.6 Å². The fraction of sp³-hybridized carbons (Fsp3) is 0.148. The van der Waals surface area contributed by atoms with Crippen LogP contribution in [-0.2, 0) is 9.59 Å². The second-order valence-electron chi connectivity index (χ2n) is 8.10. The van der Waals surface area contributed by atoms with Gasteiger partial charge in [0.2, 0.25) is 5.95 Å². The molecule has 0 saturated carbocycles. The molecule has 4 aromatic rings. The fourth-order valence-electron chi connectivity index (χ4n) is 4.31. The van der Waals surface area contributed by atoms with Gasteiger partial charge in [0.1, 0.15) is 5.76 Å². The second kappa shape index (κ2) is 9.39. The van der Waals surface area contributed by atoms with Crippen LogP contribution in [0.5, 0.6) is 11.5 Å². The Morgan fingerprint density at radius 3 is 2.53 bits per heavy atom. The number of aromatic amines is 1. The Bertz CT molecular complexity index is 1480. The van der Waals surface area contributed by atoms with Crippen molar-refractivity contribution in [2.24, 2.45) is 0 Å². The van der Waals surface area contributed by atoms with Crippen molar-refractivity contribution in [3.05, 3.63) is 88.5 Å². The molecule has 1 fully saturated rings. The monoisotopic (exact) mass is 503 g/mol. The summed E-state index contributed by atoms with van der Waals surface area (Å²) >= 11 is 6.00. The van der Waals surface area contributed by atoms with Crippen LogP contribution in [0.4, 0.5) is 5.95 Å². The first-order valence-corrected chi connectivity index (χ1v) is 11.6. The van der Waals surface area contributed by atoms with Gasteiger partial charge in [-0.1, -0.05) is 29.8 Å². The summed E-state index contributed by atoms with van der Waals surface area (Å²) in [6.45, 7) is 2.22. The number of ether oxygens (including phenoxy) is 2. The zero-order valence-electron chi connectivity index (χ0n) is 19.5. The van der Waals surface area contributed by atoms with E-state index < -0.39 is 17.7 Å². The Labute approximate surface area is 211 Å². The molecule has 1 saturated heterocycles. The van der Waals surface area contributed by atoms with Crippen LogP contribution in [0, 0.1) is 0 Å². The summed E-state index contributed by atoms with van der Waals surface area (Å²) in [6.07, 6.45) is 0. The van der Waals surface area contributed by atoms with Crippen molar-refractivity contribution in [3.8, 4) is 11.5 Å². The lowest BCUT2D eigenvalue weighted by atomic mass is 9.95. The number of halogens is 1. The van der Waals surface area contributed by atoms with E-state index in [0.717, 1.165) is 0 Å². The van der Waals surface area contributed by atoms with Crippen LogP contribution in [0.2, 0.25) is 5.02 Å². The summed E-state index contributed by atoms with van der Waals surface area (Å²) in [5, 5.41) is 11.7. The molecule has 1 unspecified atom stereocenters. The molecule has 3 aromatic carbocycles. The Kier molecular flexibility index (Phi) is 6.12. The van der Waals surface area contributed by atoms with Gasteiger partial charge >= 0.3 is 5.91 Å². The molecule has 0 bridgehead atoms. The molecule has 2 heterocycles. The Morgan fingerprint density at radius 2 is 1.83 bits per heavy atom. The van der Waals surface area contributed by atoms with E-state index in [1.165, 1.54) is 12.0 Å². The largest absolute Gasteiger partial charge is 0.507 e. The molecule has 2 N–H and O–H groups in total. The number of aliphatic hydroxyl groups excluding tert-OH is 1. The highest BCUT2D eigenvalue weighted by molar-refractivity contribution is 6.51. The lowest BCUT2D eigenvalue weighted by molar-refractivity contribution is -0.132. The maximum atomic E-state index is 13.4. The Morgan fingerprint density at radius 1 is 1.08 bits per heavy atom. The normalized spacial score (nSPS) is 17.1. The molecule has 36 heavy (non-hydrogen) atoms. The minimum atomic E-state index is -0.980. The summed E-state index contributed by atoms with van der Waals surface area (Å²) in [4.78, 5) is 35.7. The molecule has 1 aliphatic heterocycles. The molecule has 5 rings (SSSR count). The van der Waals surface area contributed by atoms with Crippen molar-refractivity contribution in [2.75, 3.05) is 18.6 Å². The molecule has 0 spiro atoms. The predicted molar refractivity (Wildman–Crippen MR) is 136 cm³/mol. The van der Waals surface area contributed by atoms with Crippen molar-refractivity contribution in [1.82, 2.24) is 9.97 Å². The number of anilines is 1. The van der Waals surface area contributed by atoms with Gasteiger partial charge in [-0.25, -0.2) is 4.98 Å². The molecule has 182 valence electrons. The SMILES string of the molecule is CCOc1cc(C2/C(=C(\O)c3ccc(Cl)cc3)C(=O)C(=O)N2c2nc3ccccc3[nH]2)ccc1OC. The number of amides is 1. The zero-order valence-corrected chi connectivity index (χ0v) is 20.2. The maximum Gasteiger partial charge on any atom is 0.302 e. The first-order chi connectivity index (χ1) is 17.4. The van der Waals surface area contributed by atoms with E-state index in [2.05, 4.69) is 9.97 Å². The smallest absolute Gasteiger partial charge is 0.302 e. The molecular formula is C27H22ClN3O5. The number of carbonyl (C=O) groups excluding carboxylic acids is 2. The molecule has 8 nitrogen and oxygen atoms in total. The van der Waals surface area contributed by atoms with Crippen molar-refractivity contribution in [1.29, 1.82) is 0 Å². The highest BCUT2D eigenvalue weighted by Crippen LogP contribution is 2.43. The summed E-state index contributed by atoms with van der Waals surface area (Å²) in [6, 6.07) is 17.8. The van der Waals surface area contributed by atoms with Crippen LogP contribution in [0.1, 0.15) is 24.1 Å². The van der Waals surface area contributed by atoms with Crippen molar-refractivity contribution >= 4 is 46.0 Å². The van der Waals surface area contributed by atoms with Crippen LogP contribution >= 0.6 is 11.6 Å². The van der Waals surface area contributed by atoms with E-state index in [1.54, 1.807) is 48.5 Å². The van der Waals surface area contributed by atoms with E-state index >= 15 is 0 Å². The fourth-order valence-corrected chi connectivity index (χ4v) is 4.44. The van der Waals surface area contributed by atoms with Crippen LogP contribution in [0.25, 0.3) is 16.8 Å². The third-order valence-electron chi connectivity index (χ3n) is 5.97. The number of H-pyrrole nitrogens is 1. The minimum Gasteiger partial charge on any atom is -0.507 e. The van der Waals surface area contributed by atoms with Gasteiger partial charge in [0.05, 0.1) is 36.4 Å². The summed E-state index contributed by atoms with van der Waals surface area (Å²) in [5.74, 6) is -0.835. The van der Waals surface area contributed by atoms with Gasteiger partial charge in [0.25, 0.3) is 5.78 Å². The predicted octanol–water partition coefficient (Wildman–Crippen LogP) is 5.25. The minimum absolute atomic E-state index is 0.0737. The van der Waals surface area contributed by atoms with E-state index in [9.17, 15) is 14.7 Å². The van der Waals surface area contributed by atoms with Gasteiger partial charge < -0.3 is 19.6 Å². The number of Topliss-reactive ketones (excluding diaryl/α,β-unsaturated/α-hetero) is 1. The average Bonchev–Trinajstić information content (AvgIpc) is 3.42. The summed E-state index contributed by atoms with van der Waals surface area (Å²) in [5.41, 5.74) is 2.15. The van der Waals surface area contributed by atoms with Crippen LogP contribution < -0.4 is 14.4 Å². The number of methoxy groups -OCH3 is 1. The Hall–Kier alpha value is -4.30. The van der Waals surface area contributed by atoms with E-state index in [4.69, 9.17) is 21.1 Å². The number of aliphatic hydroxyl groups is 1. The number of hydrogen-bond donors (Lipinski definition) is 2. The molecule has 9 heteroatoms. The number of para-hydroxylation sites is 2. The number of imidazole rings is 1. The van der Waals surface area contributed by atoms with E-state index in [0.29, 0.717) is 45.3 Å². The number of nitrogens with zero attached hydrogens (tertiary/aromatic N) is 2. The number of ketones is 1. The summed E-state index contributed by atoms with van der Waals surface area (Å²) < 4.78 is 11.1. The van der Waals surface area contributed by atoms with Crippen molar-refractivity contribution < 1.29 is 24.2 Å². The number of hydrogen-bond acceptors (Lipinski definition) is 6. The van der Waals surface area contributed by atoms with E-state index in [1.807, 2.05) is 25.1 Å². The third-order valence-corrected chi connectivity index (χ3v) is 6.22. The number of carbonyl (C=O) groups is 2. The third kappa shape index (κ3) is 3.95.